The molecule has 1 fully saturated rings. The van der Waals surface area contributed by atoms with Gasteiger partial charge in [-0.25, -0.2) is 30.6 Å². The molecule has 2 amide bonds. The van der Waals surface area contributed by atoms with Crippen molar-refractivity contribution in [3.05, 3.63) is 83.9 Å². The van der Waals surface area contributed by atoms with Crippen LogP contribution in [0.5, 0.6) is 0 Å². The number of aromatic nitrogens is 3. The molecule has 0 radical (unpaired) electrons. The van der Waals surface area contributed by atoms with E-state index < -0.39 is 23.5 Å². The first kappa shape index (κ1) is 22.4. The molecule has 4 aromatic rings. The van der Waals surface area contributed by atoms with Crippen LogP contribution >= 0.6 is 22.9 Å². The molecule has 1 aliphatic heterocycles. The highest BCUT2D eigenvalue weighted by Gasteiger charge is 2.30. The minimum absolute atomic E-state index is 0.294. The third kappa shape index (κ3) is 4.27. The number of hydrogen-bond acceptors (Lipinski definition) is 4. The van der Waals surface area contributed by atoms with Crippen molar-refractivity contribution in [2.24, 2.45) is 0 Å². The summed E-state index contributed by atoms with van der Waals surface area (Å²) in [6.45, 7) is 0.631. The molecule has 174 valence electrons. The Balaban J connectivity index is 1.44. The van der Waals surface area contributed by atoms with Crippen LogP contribution in [0.4, 0.5) is 35.2 Å². The van der Waals surface area contributed by atoms with E-state index in [2.05, 4.69) is 10.4 Å². The van der Waals surface area contributed by atoms with Crippen molar-refractivity contribution in [2.75, 3.05) is 19.9 Å². The molecule has 5 rings (SSSR count). The van der Waals surface area contributed by atoms with Crippen LogP contribution in [-0.2, 0) is 0 Å². The minimum atomic E-state index is -0.488. The van der Waals surface area contributed by atoms with Crippen molar-refractivity contribution in [1.82, 2.24) is 14.6 Å². The summed E-state index contributed by atoms with van der Waals surface area (Å²) < 4.78 is 44.3. The van der Waals surface area contributed by atoms with Crippen molar-refractivity contribution in [1.29, 1.82) is 0 Å². The molecule has 1 unspecified atom stereocenters. The Labute approximate surface area is 206 Å². The second-order valence-electron chi connectivity index (χ2n) is 7.82. The van der Waals surface area contributed by atoms with Crippen molar-refractivity contribution in [3.8, 4) is 0 Å². The van der Waals surface area contributed by atoms with Gasteiger partial charge in [0.2, 0.25) is 0 Å². The number of benzene rings is 2. The maximum atomic E-state index is 14.5. The van der Waals surface area contributed by atoms with Gasteiger partial charge in [0, 0.05) is 24.0 Å². The monoisotopic (exact) mass is 578 g/mol. The van der Waals surface area contributed by atoms with Crippen LogP contribution in [-0.4, -0.2) is 27.2 Å². The van der Waals surface area contributed by atoms with Gasteiger partial charge < -0.3 is 10.2 Å². The molecule has 34 heavy (non-hydrogen) atoms. The predicted molar refractivity (Wildman–Crippen MR) is 131 cm³/mol. The lowest BCUT2D eigenvalue weighted by atomic mass is 10.0. The summed E-state index contributed by atoms with van der Waals surface area (Å²) in [6.07, 6.45) is 4.69. The van der Waals surface area contributed by atoms with Crippen LogP contribution in [0.1, 0.15) is 24.4 Å². The lowest BCUT2D eigenvalue weighted by Crippen LogP contribution is -2.26. The fraction of sp³-hybridized carbons (Fsp3) is 0.174. The number of hydrogen-bond donors (Lipinski definition) is 1. The summed E-state index contributed by atoms with van der Waals surface area (Å²) in [5.74, 6) is -0.774. The number of anilines is 3. The van der Waals surface area contributed by atoms with E-state index >= 15 is 0 Å². The third-order valence-corrected chi connectivity index (χ3v) is 6.64. The maximum absolute atomic E-state index is 14.5. The molecule has 2 aromatic heterocycles. The quantitative estimate of drug-likeness (QED) is 0.243. The number of carbonyl (C=O) groups is 1. The second-order valence-corrected chi connectivity index (χ2v) is 8.78. The third-order valence-electron chi connectivity index (χ3n) is 5.69. The van der Waals surface area contributed by atoms with E-state index in [1.165, 1.54) is 44.2 Å². The Hall–Kier alpha value is -3.35. The van der Waals surface area contributed by atoms with Crippen LogP contribution < -0.4 is 13.3 Å². The Morgan fingerprint density at radius 2 is 1.85 bits per heavy atom. The van der Waals surface area contributed by atoms with E-state index in [9.17, 15) is 18.0 Å². The molecule has 1 saturated heterocycles. The molecule has 1 atom stereocenters. The predicted octanol–water partition coefficient (Wildman–Crippen LogP) is 5.88. The topological polar surface area (TPSA) is 65.8 Å². The maximum Gasteiger partial charge on any atom is 0.335 e. The van der Waals surface area contributed by atoms with Gasteiger partial charge in [-0.3, -0.25) is 0 Å². The highest BCUT2D eigenvalue weighted by molar-refractivity contribution is 14.1. The molecule has 2 aromatic carbocycles. The minimum Gasteiger partial charge on any atom is -0.349 e. The molecule has 1 aliphatic rings. The van der Waals surface area contributed by atoms with E-state index in [1.807, 2.05) is 27.8 Å². The first-order valence-electron chi connectivity index (χ1n) is 10.5. The van der Waals surface area contributed by atoms with Crippen LogP contribution in [0, 0.1) is 17.5 Å². The number of urea groups is 1. The fourth-order valence-corrected chi connectivity index (χ4v) is 4.56. The highest BCUT2D eigenvalue weighted by atomic mass is 127. The highest BCUT2D eigenvalue weighted by Crippen LogP contribution is 2.37. The molecule has 0 saturated carbocycles. The molecule has 0 spiro atoms. The summed E-state index contributed by atoms with van der Waals surface area (Å²) in [7, 11) is 0. The molecule has 11 heteroatoms. The van der Waals surface area contributed by atoms with Crippen LogP contribution in [0.25, 0.3) is 5.65 Å². The van der Waals surface area contributed by atoms with Gasteiger partial charge in [0.05, 0.1) is 35.1 Å². The second kappa shape index (κ2) is 9.12. The lowest BCUT2D eigenvalue weighted by Gasteiger charge is -2.26. The van der Waals surface area contributed by atoms with Gasteiger partial charge in [-0.2, -0.15) is 5.10 Å². The molecular formula is C23H18F3IN6O. The van der Waals surface area contributed by atoms with E-state index in [0.29, 0.717) is 41.4 Å². The number of rotatable bonds is 4. The Morgan fingerprint density at radius 3 is 2.65 bits per heavy atom. The number of carbonyl (C=O) groups excluding carboxylic acids is 1. The Kier molecular flexibility index (Phi) is 6.02. The lowest BCUT2D eigenvalue weighted by molar-refractivity contribution is 0.260. The number of halogens is 4. The SMILES string of the molecule is O=C(Nc1ccc(F)cc1)N(I)c1cnn2ccc(N3CCCC3c3cc(F)ccc3F)nc12. The molecule has 0 aliphatic carbocycles. The summed E-state index contributed by atoms with van der Waals surface area (Å²) in [4.78, 5) is 19.4. The summed E-state index contributed by atoms with van der Waals surface area (Å²) in [5.41, 5.74) is 1.60. The van der Waals surface area contributed by atoms with Crippen molar-refractivity contribution < 1.29 is 18.0 Å². The van der Waals surface area contributed by atoms with Crippen LogP contribution in [0.3, 0.4) is 0 Å². The summed E-state index contributed by atoms with van der Waals surface area (Å²) in [5, 5.41) is 6.95. The first-order chi connectivity index (χ1) is 16.4. The van der Waals surface area contributed by atoms with Gasteiger partial charge in [-0.05, 0) is 61.4 Å². The van der Waals surface area contributed by atoms with Crippen LogP contribution in [0.15, 0.2) is 60.9 Å². The zero-order chi connectivity index (χ0) is 23.8. The van der Waals surface area contributed by atoms with Gasteiger partial charge >= 0.3 is 6.03 Å². The molecule has 1 N–H and O–H groups in total. The standard InChI is InChI=1S/C23H18F3IN6O/c24-14-3-6-16(7-4-14)29-23(34)33(27)20-13-28-32-11-9-21(30-22(20)32)31-10-1-2-19(31)17-12-15(25)5-8-18(17)26/h3-9,11-13,19H,1-2,10H2,(H,29,34). The molecular weight excluding hydrogens is 560 g/mol. The van der Waals surface area contributed by atoms with E-state index in [4.69, 9.17) is 4.98 Å². The molecule has 7 nitrogen and oxygen atoms in total. The Morgan fingerprint density at radius 1 is 1.09 bits per heavy atom. The average molecular weight is 578 g/mol. The van der Waals surface area contributed by atoms with Gasteiger partial charge in [-0.1, -0.05) is 0 Å². The molecule has 3 heterocycles. The largest absolute Gasteiger partial charge is 0.349 e. The summed E-state index contributed by atoms with van der Waals surface area (Å²) >= 11 is 1.84. The number of fused-ring (bicyclic) bond motifs is 1. The van der Waals surface area contributed by atoms with Gasteiger partial charge in [0.15, 0.2) is 5.65 Å². The normalized spacial score (nSPS) is 15.6. The first-order valence-corrected chi connectivity index (χ1v) is 11.5. The van der Waals surface area contributed by atoms with Crippen molar-refractivity contribution in [2.45, 2.75) is 18.9 Å². The van der Waals surface area contributed by atoms with Gasteiger partial charge in [0.25, 0.3) is 0 Å². The number of amides is 2. The zero-order valence-corrected chi connectivity index (χ0v) is 19.8. The number of nitrogens with one attached hydrogen (secondary N) is 1. The zero-order valence-electron chi connectivity index (χ0n) is 17.6. The van der Waals surface area contributed by atoms with E-state index in [-0.39, 0.29) is 6.04 Å². The van der Waals surface area contributed by atoms with E-state index in [1.54, 1.807) is 12.3 Å². The van der Waals surface area contributed by atoms with Gasteiger partial charge in [-0.15, -0.1) is 0 Å². The van der Waals surface area contributed by atoms with Crippen molar-refractivity contribution in [3.63, 3.8) is 0 Å². The molecule has 0 bridgehead atoms. The van der Waals surface area contributed by atoms with E-state index in [0.717, 1.165) is 18.6 Å². The van der Waals surface area contributed by atoms with Crippen molar-refractivity contribution >= 4 is 51.7 Å². The van der Waals surface area contributed by atoms with Gasteiger partial charge in [0.1, 0.15) is 29.0 Å². The number of nitrogens with zero attached hydrogens (tertiary/aromatic N) is 5. The van der Waals surface area contributed by atoms with Crippen LogP contribution in [0.2, 0.25) is 0 Å². The summed E-state index contributed by atoms with van der Waals surface area (Å²) in [6, 6.07) is 9.85. The smallest absolute Gasteiger partial charge is 0.335 e. The Bertz CT molecular complexity index is 1360. The fourth-order valence-electron chi connectivity index (χ4n) is 4.10. The average Bonchev–Trinajstić information content (AvgIpc) is 3.48.